The molecule has 2 atom stereocenters. The molecule has 1 heterocycles. The number of hydrogen-bond acceptors (Lipinski definition) is 6. The predicted octanol–water partition coefficient (Wildman–Crippen LogP) is 1.76. The van der Waals surface area contributed by atoms with E-state index in [1.807, 2.05) is 14.0 Å². The average molecular weight is 312 g/mol. The monoisotopic (exact) mass is 312 g/mol. The first-order valence-corrected chi connectivity index (χ1v) is 8.42. The Morgan fingerprint density at radius 2 is 2.43 bits per heavy atom. The van der Waals surface area contributed by atoms with E-state index < -0.39 is 5.54 Å². The third-order valence-corrected chi connectivity index (χ3v) is 5.11. The number of rotatable bonds is 7. The van der Waals surface area contributed by atoms with Crippen LogP contribution in [0.4, 0.5) is 0 Å². The van der Waals surface area contributed by atoms with E-state index in [0.717, 1.165) is 37.4 Å². The number of hydrogen-bond donors (Lipinski definition) is 1. The molecule has 1 fully saturated rings. The van der Waals surface area contributed by atoms with Gasteiger partial charge in [-0.2, -0.15) is 5.10 Å². The quantitative estimate of drug-likeness (QED) is 0.774. The molecular weight excluding hydrogens is 288 g/mol. The van der Waals surface area contributed by atoms with Crippen LogP contribution >= 0.6 is 11.8 Å². The molecule has 7 heteroatoms. The first-order chi connectivity index (χ1) is 10.1. The second kappa shape index (κ2) is 7.26. The number of aromatic nitrogens is 3. The lowest BCUT2D eigenvalue weighted by atomic mass is 9.97. The third-order valence-electron chi connectivity index (χ3n) is 3.79. The van der Waals surface area contributed by atoms with Crippen molar-refractivity contribution in [2.75, 3.05) is 13.2 Å². The molecule has 2 unspecified atom stereocenters. The third kappa shape index (κ3) is 3.77. The molecule has 0 saturated heterocycles. The second-order valence-electron chi connectivity index (χ2n) is 5.38. The lowest BCUT2D eigenvalue weighted by molar-refractivity contribution is -0.151. The van der Waals surface area contributed by atoms with Crippen molar-refractivity contribution in [3.8, 4) is 0 Å². The summed E-state index contributed by atoms with van der Waals surface area (Å²) in [6.45, 7) is 5.22. The molecule has 1 N–H and O–H groups in total. The number of nitrogens with one attached hydrogen (secondary N) is 1. The minimum Gasteiger partial charge on any atom is -0.465 e. The fourth-order valence-electron chi connectivity index (χ4n) is 2.69. The Hall–Kier alpha value is -1.08. The van der Waals surface area contributed by atoms with Crippen LogP contribution in [0.1, 0.15) is 39.5 Å². The van der Waals surface area contributed by atoms with Crippen LogP contribution in [0.15, 0.2) is 11.5 Å². The average Bonchev–Trinajstić information content (AvgIpc) is 3.06. The molecule has 118 valence electrons. The Morgan fingerprint density at radius 3 is 3.05 bits per heavy atom. The number of aryl methyl sites for hydroxylation is 1. The van der Waals surface area contributed by atoms with Gasteiger partial charge in [-0.25, -0.2) is 9.67 Å². The van der Waals surface area contributed by atoms with Gasteiger partial charge in [-0.1, -0.05) is 18.7 Å². The maximum Gasteiger partial charge on any atom is 0.326 e. The minimum absolute atomic E-state index is 0.112. The van der Waals surface area contributed by atoms with E-state index in [2.05, 4.69) is 22.3 Å². The Morgan fingerprint density at radius 1 is 1.62 bits per heavy atom. The van der Waals surface area contributed by atoms with Crippen molar-refractivity contribution >= 4 is 17.7 Å². The molecule has 2 rings (SSSR count). The summed E-state index contributed by atoms with van der Waals surface area (Å²) in [5.74, 6) is -0.112. The van der Waals surface area contributed by atoms with E-state index in [9.17, 15) is 4.79 Å². The summed E-state index contributed by atoms with van der Waals surface area (Å²) in [6.07, 6.45) is 5.14. The zero-order valence-electron chi connectivity index (χ0n) is 13.0. The number of carbonyl (C=O) groups excluding carboxylic acids is 1. The summed E-state index contributed by atoms with van der Waals surface area (Å²) in [6, 6.07) is 0. The van der Waals surface area contributed by atoms with Crippen molar-refractivity contribution in [1.82, 2.24) is 20.1 Å². The van der Waals surface area contributed by atoms with E-state index in [4.69, 9.17) is 4.74 Å². The van der Waals surface area contributed by atoms with Crippen molar-refractivity contribution < 1.29 is 9.53 Å². The maximum atomic E-state index is 12.4. The zero-order valence-corrected chi connectivity index (χ0v) is 13.8. The van der Waals surface area contributed by atoms with Crippen molar-refractivity contribution in [2.24, 2.45) is 7.05 Å². The van der Waals surface area contributed by atoms with Crippen LogP contribution in [0.5, 0.6) is 0 Å². The highest BCUT2D eigenvalue weighted by molar-refractivity contribution is 7.99. The fraction of sp³-hybridized carbons (Fsp3) is 0.786. The maximum absolute atomic E-state index is 12.4. The number of carbonyl (C=O) groups is 1. The van der Waals surface area contributed by atoms with Crippen LogP contribution in [-0.4, -0.2) is 44.7 Å². The van der Waals surface area contributed by atoms with Gasteiger partial charge in [0.25, 0.3) is 0 Å². The molecule has 0 radical (unpaired) electrons. The van der Waals surface area contributed by atoms with E-state index >= 15 is 0 Å². The van der Waals surface area contributed by atoms with Crippen LogP contribution in [-0.2, 0) is 16.6 Å². The van der Waals surface area contributed by atoms with Crippen LogP contribution in [0.3, 0.4) is 0 Å². The molecule has 21 heavy (non-hydrogen) atoms. The molecule has 6 nitrogen and oxygen atoms in total. The van der Waals surface area contributed by atoms with Crippen LogP contribution in [0, 0.1) is 0 Å². The number of ether oxygens (including phenoxy) is 1. The second-order valence-corrected chi connectivity index (χ2v) is 6.65. The Kier molecular flexibility index (Phi) is 5.64. The lowest BCUT2D eigenvalue weighted by Crippen LogP contribution is -2.51. The fourth-order valence-corrected chi connectivity index (χ4v) is 3.90. The molecule has 1 aliphatic rings. The van der Waals surface area contributed by atoms with Gasteiger partial charge in [0.15, 0.2) is 5.16 Å². The number of nitrogens with zero attached hydrogens (tertiary/aromatic N) is 3. The predicted molar refractivity (Wildman–Crippen MR) is 82.2 cm³/mol. The molecule has 1 aromatic heterocycles. The van der Waals surface area contributed by atoms with Gasteiger partial charge >= 0.3 is 5.97 Å². The van der Waals surface area contributed by atoms with Crippen molar-refractivity contribution in [2.45, 2.75) is 55.5 Å². The molecule has 1 aromatic rings. The highest BCUT2D eigenvalue weighted by atomic mass is 32.2. The standard InChI is InChI=1S/C14H24N4O2S/c1-4-8-16-14(12(19)20-5-2)7-6-11(9-14)21-13-15-10-17-18(13)3/h10-11,16H,4-9H2,1-3H3. The van der Waals surface area contributed by atoms with Gasteiger partial charge < -0.3 is 10.1 Å². The SMILES string of the molecule is CCCNC1(C(=O)OCC)CCC(Sc2ncnn2C)C1. The van der Waals surface area contributed by atoms with Gasteiger partial charge in [0, 0.05) is 12.3 Å². The van der Waals surface area contributed by atoms with Crippen LogP contribution in [0.25, 0.3) is 0 Å². The van der Waals surface area contributed by atoms with Crippen LogP contribution in [0.2, 0.25) is 0 Å². The van der Waals surface area contributed by atoms with Gasteiger partial charge in [0.05, 0.1) is 6.61 Å². The van der Waals surface area contributed by atoms with Crippen molar-refractivity contribution in [3.05, 3.63) is 6.33 Å². The molecule has 0 bridgehead atoms. The van der Waals surface area contributed by atoms with E-state index in [1.165, 1.54) is 0 Å². The molecule has 1 saturated carbocycles. The first kappa shape index (κ1) is 16.3. The first-order valence-electron chi connectivity index (χ1n) is 7.54. The summed E-state index contributed by atoms with van der Waals surface area (Å²) in [5.41, 5.74) is -0.526. The van der Waals surface area contributed by atoms with E-state index in [-0.39, 0.29) is 5.97 Å². The largest absolute Gasteiger partial charge is 0.465 e. The smallest absolute Gasteiger partial charge is 0.326 e. The Labute approximate surface area is 130 Å². The summed E-state index contributed by atoms with van der Waals surface area (Å²) < 4.78 is 7.06. The summed E-state index contributed by atoms with van der Waals surface area (Å²) in [7, 11) is 1.89. The molecule has 0 spiro atoms. The van der Waals surface area contributed by atoms with E-state index in [0.29, 0.717) is 11.9 Å². The highest BCUT2D eigenvalue weighted by Crippen LogP contribution is 2.40. The zero-order chi connectivity index (χ0) is 15.3. The van der Waals surface area contributed by atoms with Gasteiger partial charge in [-0.05, 0) is 39.2 Å². The molecule has 0 aromatic carbocycles. The number of esters is 1. The van der Waals surface area contributed by atoms with Gasteiger partial charge in [-0.15, -0.1) is 0 Å². The summed E-state index contributed by atoms with van der Waals surface area (Å²) >= 11 is 1.70. The number of thioether (sulfide) groups is 1. The molecular formula is C14H24N4O2S. The summed E-state index contributed by atoms with van der Waals surface area (Å²) in [4.78, 5) is 16.6. The Balaban J connectivity index is 2.03. The van der Waals surface area contributed by atoms with Crippen molar-refractivity contribution in [1.29, 1.82) is 0 Å². The lowest BCUT2D eigenvalue weighted by Gasteiger charge is -2.28. The molecule has 0 aliphatic heterocycles. The molecule has 1 aliphatic carbocycles. The van der Waals surface area contributed by atoms with E-state index in [1.54, 1.807) is 22.8 Å². The normalized spacial score (nSPS) is 25.2. The topological polar surface area (TPSA) is 69.0 Å². The van der Waals surface area contributed by atoms with Crippen LogP contribution < -0.4 is 5.32 Å². The minimum atomic E-state index is -0.526. The van der Waals surface area contributed by atoms with Gasteiger partial charge in [0.1, 0.15) is 11.9 Å². The van der Waals surface area contributed by atoms with Gasteiger partial charge in [-0.3, -0.25) is 4.79 Å². The van der Waals surface area contributed by atoms with Crippen molar-refractivity contribution in [3.63, 3.8) is 0 Å². The molecule has 0 amide bonds. The Bertz CT molecular complexity index is 479. The summed E-state index contributed by atoms with van der Waals surface area (Å²) in [5, 5.41) is 8.77. The van der Waals surface area contributed by atoms with Gasteiger partial charge in [0.2, 0.25) is 0 Å². The highest BCUT2D eigenvalue weighted by Gasteiger charge is 2.46.